The standard InChI is InChI=1S/C13H16F2N2O2/c1-2-19-11-6-10(16)12(11)17-13(18)8-5-7(14)3-4-9(8)15/h3-5,10-12H,2,6,16H2,1H3,(H,17,18). The van der Waals surface area contributed by atoms with Crippen molar-refractivity contribution in [2.24, 2.45) is 5.73 Å². The van der Waals surface area contributed by atoms with Crippen LogP contribution in [-0.2, 0) is 4.74 Å². The number of nitrogens with one attached hydrogen (secondary N) is 1. The summed E-state index contributed by atoms with van der Waals surface area (Å²) in [4.78, 5) is 11.9. The molecule has 0 bridgehead atoms. The second-order valence-electron chi connectivity index (χ2n) is 4.52. The fourth-order valence-electron chi connectivity index (χ4n) is 2.13. The van der Waals surface area contributed by atoms with Gasteiger partial charge in [-0.2, -0.15) is 0 Å². The van der Waals surface area contributed by atoms with Gasteiger partial charge in [-0.1, -0.05) is 0 Å². The number of carbonyl (C=O) groups excluding carboxylic acids is 1. The van der Waals surface area contributed by atoms with Gasteiger partial charge in [-0.3, -0.25) is 4.79 Å². The van der Waals surface area contributed by atoms with Crippen LogP contribution in [0.25, 0.3) is 0 Å². The van der Waals surface area contributed by atoms with E-state index < -0.39 is 17.5 Å². The van der Waals surface area contributed by atoms with Crippen LogP contribution in [0.4, 0.5) is 8.78 Å². The highest BCUT2D eigenvalue weighted by Gasteiger charge is 2.40. The molecule has 104 valence electrons. The summed E-state index contributed by atoms with van der Waals surface area (Å²) < 4.78 is 31.9. The Morgan fingerprint density at radius 3 is 2.89 bits per heavy atom. The van der Waals surface area contributed by atoms with E-state index in [0.717, 1.165) is 18.2 Å². The molecule has 2 rings (SSSR count). The van der Waals surface area contributed by atoms with E-state index in [4.69, 9.17) is 10.5 Å². The van der Waals surface area contributed by atoms with Gasteiger partial charge in [0.2, 0.25) is 0 Å². The summed E-state index contributed by atoms with van der Waals surface area (Å²) in [5.41, 5.74) is 5.45. The lowest BCUT2D eigenvalue weighted by Crippen LogP contribution is -2.64. The van der Waals surface area contributed by atoms with Crippen molar-refractivity contribution >= 4 is 5.91 Å². The molecule has 6 heteroatoms. The molecule has 0 aliphatic heterocycles. The first-order valence-electron chi connectivity index (χ1n) is 6.16. The Morgan fingerprint density at radius 1 is 1.53 bits per heavy atom. The van der Waals surface area contributed by atoms with Gasteiger partial charge in [0, 0.05) is 12.6 Å². The maximum absolute atomic E-state index is 13.4. The van der Waals surface area contributed by atoms with Crippen molar-refractivity contribution < 1.29 is 18.3 Å². The number of benzene rings is 1. The molecule has 1 fully saturated rings. The third-order valence-corrected chi connectivity index (χ3v) is 3.22. The van der Waals surface area contributed by atoms with Crippen molar-refractivity contribution in [1.29, 1.82) is 0 Å². The maximum Gasteiger partial charge on any atom is 0.254 e. The van der Waals surface area contributed by atoms with Crippen molar-refractivity contribution in [2.75, 3.05) is 6.61 Å². The van der Waals surface area contributed by atoms with Gasteiger partial charge in [-0.25, -0.2) is 8.78 Å². The summed E-state index contributed by atoms with van der Waals surface area (Å²) >= 11 is 0. The van der Waals surface area contributed by atoms with Gasteiger partial charge in [0.15, 0.2) is 0 Å². The number of hydrogen-bond donors (Lipinski definition) is 2. The van der Waals surface area contributed by atoms with Crippen LogP contribution in [-0.4, -0.2) is 30.7 Å². The number of hydrogen-bond acceptors (Lipinski definition) is 3. The fraction of sp³-hybridized carbons (Fsp3) is 0.462. The van der Waals surface area contributed by atoms with E-state index in [0.29, 0.717) is 13.0 Å². The average molecular weight is 270 g/mol. The minimum Gasteiger partial charge on any atom is -0.376 e. The molecule has 0 saturated heterocycles. The van der Waals surface area contributed by atoms with Crippen LogP contribution >= 0.6 is 0 Å². The Bertz CT molecular complexity index is 480. The molecule has 0 radical (unpaired) electrons. The van der Waals surface area contributed by atoms with Gasteiger partial charge < -0.3 is 15.8 Å². The Morgan fingerprint density at radius 2 is 2.26 bits per heavy atom. The molecular formula is C13H16F2N2O2. The van der Waals surface area contributed by atoms with Crippen LogP contribution in [0.15, 0.2) is 18.2 Å². The molecule has 1 amide bonds. The Labute approximate surface area is 109 Å². The number of amides is 1. The van der Waals surface area contributed by atoms with Gasteiger partial charge in [-0.15, -0.1) is 0 Å². The molecular weight excluding hydrogens is 254 g/mol. The van der Waals surface area contributed by atoms with Gasteiger partial charge >= 0.3 is 0 Å². The summed E-state index contributed by atoms with van der Waals surface area (Å²) in [6.45, 7) is 2.35. The van der Waals surface area contributed by atoms with Crippen LogP contribution in [0.1, 0.15) is 23.7 Å². The monoisotopic (exact) mass is 270 g/mol. The van der Waals surface area contributed by atoms with Crippen LogP contribution in [0.5, 0.6) is 0 Å². The summed E-state index contributed by atoms with van der Waals surface area (Å²) in [5, 5.41) is 2.59. The Kier molecular flexibility index (Phi) is 4.11. The molecule has 3 N–H and O–H groups in total. The first kappa shape index (κ1) is 13.9. The minimum absolute atomic E-state index is 0.166. The SMILES string of the molecule is CCOC1CC(N)C1NC(=O)c1cc(F)ccc1F. The van der Waals surface area contributed by atoms with Gasteiger partial charge in [-0.05, 0) is 31.5 Å². The molecule has 1 aliphatic rings. The molecule has 0 heterocycles. The largest absolute Gasteiger partial charge is 0.376 e. The fourth-order valence-corrected chi connectivity index (χ4v) is 2.13. The van der Waals surface area contributed by atoms with E-state index in [1.165, 1.54) is 0 Å². The van der Waals surface area contributed by atoms with Gasteiger partial charge in [0.05, 0.1) is 17.7 Å². The van der Waals surface area contributed by atoms with E-state index in [9.17, 15) is 13.6 Å². The topological polar surface area (TPSA) is 64.3 Å². The second kappa shape index (κ2) is 5.63. The van der Waals surface area contributed by atoms with Crippen LogP contribution in [0.3, 0.4) is 0 Å². The molecule has 1 saturated carbocycles. The van der Waals surface area contributed by atoms with Crippen LogP contribution < -0.4 is 11.1 Å². The molecule has 1 aromatic carbocycles. The predicted octanol–water partition coefficient (Wildman–Crippen LogP) is 1.20. The third-order valence-electron chi connectivity index (χ3n) is 3.22. The average Bonchev–Trinajstić information content (AvgIpc) is 2.38. The zero-order chi connectivity index (χ0) is 14.0. The number of halogens is 2. The molecule has 19 heavy (non-hydrogen) atoms. The highest BCUT2D eigenvalue weighted by molar-refractivity contribution is 5.94. The highest BCUT2D eigenvalue weighted by atomic mass is 19.1. The molecule has 1 aliphatic carbocycles. The lowest BCUT2D eigenvalue weighted by atomic mass is 9.83. The van der Waals surface area contributed by atoms with E-state index in [1.807, 2.05) is 6.92 Å². The highest BCUT2D eigenvalue weighted by Crippen LogP contribution is 2.23. The quantitative estimate of drug-likeness (QED) is 0.864. The Hall–Kier alpha value is -1.53. The molecule has 4 nitrogen and oxygen atoms in total. The van der Waals surface area contributed by atoms with Crippen molar-refractivity contribution in [3.63, 3.8) is 0 Å². The van der Waals surface area contributed by atoms with Crippen LogP contribution in [0.2, 0.25) is 0 Å². The second-order valence-corrected chi connectivity index (χ2v) is 4.52. The van der Waals surface area contributed by atoms with Gasteiger partial charge in [0.1, 0.15) is 11.6 Å². The summed E-state index contributed by atoms with van der Waals surface area (Å²) in [6, 6.07) is 2.16. The number of carbonyl (C=O) groups is 1. The summed E-state index contributed by atoms with van der Waals surface area (Å²) in [5.74, 6) is -2.10. The number of nitrogens with two attached hydrogens (primary N) is 1. The van der Waals surface area contributed by atoms with E-state index in [-0.39, 0.29) is 23.8 Å². The predicted molar refractivity (Wildman–Crippen MR) is 65.6 cm³/mol. The number of rotatable bonds is 4. The number of ether oxygens (including phenoxy) is 1. The molecule has 0 aromatic heterocycles. The third kappa shape index (κ3) is 2.90. The van der Waals surface area contributed by atoms with Crippen molar-refractivity contribution in [3.05, 3.63) is 35.4 Å². The van der Waals surface area contributed by atoms with E-state index >= 15 is 0 Å². The molecule has 0 spiro atoms. The van der Waals surface area contributed by atoms with E-state index in [1.54, 1.807) is 0 Å². The molecule has 3 atom stereocenters. The first-order chi connectivity index (χ1) is 9.02. The smallest absolute Gasteiger partial charge is 0.254 e. The van der Waals surface area contributed by atoms with Gasteiger partial charge in [0.25, 0.3) is 5.91 Å². The lowest BCUT2D eigenvalue weighted by Gasteiger charge is -2.42. The first-order valence-corrected chi connectivity index (χ1v) is 6.16. The van der Waals surface area contributed by atoms with Crippen molar-refractivity contribution in [3.8, 4) is 0 Å². The van der Waals surface area contributed by atoms with Crippen LogP contribution in [0, 0.1) is 11.6 Å². The normalized spacial score (nSPS) is 25.8. The summed E-state index contributed by atoms with van der Waals surface area (Å²) in [7, 11) is 0. The lowest BCUT2D eigenvalue weighted by molar-refractivity contribution is -0.0300. The minimum atomic E-state index is -0.764. The van der Waals surface area contributed by atoms with E-state index in [2.05, 4.69) is 5.32 Å². The molecule has 1 aromatic rings. The van der Waals surface area contributed by atoms with Crippen molar-refractivity contribution in [2.45, 2.75) is 31.5 Å². The zero-order valence-electron chi connectivity index (χ0n) is 10.5. The molecule has 3 unspecified atom stereocenters. The Balaban J connectivity index is 2.06. The zero-order valence-corrected chi connectivity index (χ0v) is 10.5. The van der Waals surface area contributed by atoms with Crippen molar-refractivity contribution in [1.82, 2.24) is 5.32 Å². The maximum atomic E-state index is 13.4. The summed E-state index contributed by atoms with van der Waals surface area (Å²) in [6.07, 6.45) is 0.477.